The average Bonchev–Trinajstić information content (AvgIpc) is 2.74. The second-order valence-corrected chi connectivity index (χ2v) is 6.75. The number of rotatable bonds is 7. The van der Waals surface area contributed by atoms with Crippen LogP contribution in [0.1, 0.15) is 5.56 Å². The highest BCUT2D eigenvalue weighted by atomic mass is 16.5. The lowest BCUT2D eigenvalue weighted by molar-refractivity contribution is -0.131. The van der Waals surface area contributed by atoms with Crippen molar-refractivity contribution in [2.45, 2.75) is 6.54 Å². The van der Waals surface area contributed by atoms with Crippen LogP contribution in [0, 0.1) is 0 Å². The lowest BCUT2D eigenvalue weighted by Crippen LogP contribution is -2.50. The van der Waals surface area contributed by atoms with Crippen LogP contribution in [0.4, 0.5) is 5.95 Å². The van der Waals surface area contributed by atoms with E-state index in [0.29, 0.717) is 24.6 Å². The molecule has 0 aliphatic carbocycles. The molecule has 8 nitrogen and oxygen atoms in total. The van der Waals surface area contributed by atoms with Crippen molar-refractivity contribution in [3.63, 3.8) is 0 Å². The predicted octanol–water partition coefficient (Wildman–Crippen LogP) is 1.27. The molecule has 8 heteroatoms. The van der Waals surface area contributed by atoms with Crippen molar-refractivity contribution in [1.29, 1.82) is 0 Å². The van der Waals surface area contributed by atoms with Crippen molar-refractivity contribution in [1.82, 2.24) is 19.8 Å². The highest BCUT2D eigenvalue weighted by Crippen LogP contribution is 2.27. The maximum Gasteiger partial charge on any atom is 0.236 e. The third-order valence-corrected chi connectivity index (χ3v) is 4.86. The maximum atomic E-state index is 12.6. The summed E-state index contributed by atoms with van der Waals surface area (Å²) in [6, 6.07) is 7.52. The molecule has 2 aromatic rings. The number of benzene rings is 1. The van der Waals surface area contributed by atoms with Gasteiger partial charge in [-0.2, -0.15) is 0 Å². The molecule has 1 aliphatic heterocycles. The van der Waals surface area contributed by atoms with Crippen LogP contribution in [0.25, 0.3) is 0 Å². The molecule has 28 heavy (non-hydrogen) atoms. The minimum absolute atomic E-state index is 0.0965. The van der Waals surface area contributed by atoms with E-state index in [-0.39, 0.29) is 5.91 Å². The zero-order valence-electron chi connectivity index (χ0n) is 16.7. The number of hydrogen-bond donors (Lipinski definition) is 0. The number of aromatic nitrogens is 2. The van der Waals surface area contributed by atoms with Gasteiger partial charge in [-0.25, -0.2) is 9.97 Å². The van der Waals surface area contributed by atoms with Gasteiger partial charge in [0.25, 0.3) is 0 Å². The standard InChI is InChI=1S/C20H27N5O3/c1-23(14-16-5-6-17(27-2)18(13-16)28-3)19(26)15-24-9-11-25(12-10-24)20-21-7-4-8-22-20/h4-8,13H,9-12,14-15H2,1-3H3. The highest BCUT2D eigenvalue weighted by Gasteiger charge is 2.22. The van der Waals surface area contributed by atoms with Crippen LogP contribution in [0.3, 0.4) is 0 Å². The van der Waals surface area contributed by atoms with Crippen LogP contribution in [-0.4, -0.2) is 79.7 Å². The Balaban J connectivity index is 1.50. The smallest absolute Gasteiger partial charge is 0.236 e. The van der Waals surface area contributed by atoms with E-state index < -0.39 is 0 Å². The number of piperazine rings is 1. The second-order valence-electron chi connectivity index (χ2n) is 6.75. The van der Waals surface area contributed by atoms with E-state index in [4.69, 9.17) is 9.47 Å². The summed E-state index contributed by atoms with van der Waals surface area (Å²) in [6.45, 7) is 4.19. The highest BCUT2D eigenvalue weighted by molar-refractivity contribution is 5.78. The molecule has 2 heterocycles. The Kier molecular flexibility index (Phi) is 6.65. The fourth-order valence-electron chi connectivity index (χ4n) is 3.21. The van der Waals surface area contributed by atoms with E-state index in [0.717, 1.165) is 37.7 Å². The molecule has 0 N–H and O–H groups in total. The van der Waals surface area contributed by atoms with Gasteiger partial charge in [-0.1, -0.05) is 6.07 Å². The minimum Gasteiger partial charge on any atom is -0.493 e. The summed E-state index contributed by atoms with van der Waals surface area (Å²) in [7, 11) is 5.04. The van der Waals surface area contributed by atoms with Crippen molar-refractivity contribution in [2.24, 2.45) is 0 Å². The first-order valence-electron chi connectivity index (χ1n) is 9.30. The largest absolute Gasteiger partial charge is 0.493 e. The van der Waals surface area contributed by atoms with Crippen LogP contribution >= 0.6 is 0 Å². The van der Waals surface area contributed by atoms with Gasteiger partial charge in [-0.15, -0.1) is 0 Å². The van der Waals surface area contributed by atoms with Crippen molar-refractivity contribution in [3.05, 3.63) is 42.2 Å². The summed E-state index contributed by atoms with van der Waals surface area (Å²) in [4.78, 5) is 27.3. The van der Waals surface area contributed by atoms with Crippen LogP contribution in [0.2, 0.25) is 0 Å². The fraction of sp³-hybridized carbons (Fsp3) is 0.450. The van der Waals surface area contributed by atoms with Gasteiger partial charge < -0.3 is 19.3 Å². The molecular weight excluding hydrogens is 358 g/mol. The van der Waals surface area contributed by atoms with E-state index in [1.165, 1.54) is 0 Å². The number of carbonyl (C=O) groups is 1. The van der Waals surface area contributed by atoms with Crippen molar-refractivity contribution >= 4 is 11.9 Å². The monoisotopic (exact) mass is 385 g/mol. The van der Waals surface area contributed by atoms with E-state index in [2.05, 4.69) is 19.8 Å². The van der Waals surface area contributed by atoms with E-state index in [1.807, 2.05) is 31.3 Å². The average molecular weight is 385 g/mol. The van der Waals surface area contributed by atoms with Gasteiger partial charge >= 0.3 is 0 Å². The van der Waals surface area contributed by atoms with E-state index in [9.17, 15) is 4.79 Å². The molecule has 1 aromatic carbocycles. The minimum atomic E-state index is 0.0965. The Morgan fingerprint density at radius 3 is 2.39 bits per heavy atom. The molecule has 1 aliphatic rings. The SMILES string of the molecule is COc1ccc(CN(C)C(=O)CN2CCN(c3ncccn3)CC2)cc1OC. The van der Waals surface area contributed by atoms with Crippen LogP contribution in [0.15, 0.2) is 36.7 Å². The topological polar surface area (TPSA) is 71.0 Å². The van der Waals surface area contributed by atoms with Crippen molar-refractivity contribution in [2.75, 3.05) is 58.9 Å². The van der Waals surface area contributed by atoms with Gasteiger partial charge in [0.05, 0.1) is 20.8 Å². The molecule has 1 saturated heterocycles. The second kappa shape index (κ2) is 9.36. The normalized spacial score (nSPS) is 14.6. The summed E-state index contributed by atoms with van der Waals surface area (Å²) in [6.07, 6.45) is 3.50. The Bertz CT molecular complexity index is 779. The van der Waals surface area contributed by atoms with Crippen LogP contribution in [0.5, 0.6) is 11.5 Å². The van der Waals surface area contributed by atoms with Gasteiger partial charge in [-0.3, -0.25) is 9.69 Å². The Morgan fingerprint density at radius 2 is 1.75 bits per heavy atom. The zero-order valence-corrected chi connectivity index (χ0v) is 16.7. The van der Waals surface area contributed by atoms with Crippen LogP contribution < -0.4 is 14.4 Å². The molecule has 1 aromatic heterocycles. The van der Waals surface area contributed by atoms with Gasteiger partial charge in [0.15, 0.2) is 11.5 Å². The number of hydrogen-bond acceptors (Lipinski definition) is 7. The van der Waals surface area contributed by atoms with Crippen LogP contribution in [-0.2, 0) is 11.3 Å². The van der Waals surface area contributed by atoms with Gasteiger partial charge in [-0.05, 0) is 23.8 Å². The molecule has 0 saturated carbocycles. The third-order valence-electron chi connectivity index (χ3n) is 4.86. The van der Waals surface area contributed by atoms with Crippen molar-refractivity contribution < 1.29 is 14.3 Å². The summed E-state index contributed by atoms with van der Waals surface area (Å²) in [5.41, 5.74) is 1.000. The summed E-state index contributed by atoms with van der Waals surface area (Å²) < 4.78 is 10.6. The summed E-state index contributed by atoms with van der Waals surface area (Å²) in [5, 5.41) is 0. The Labute approximate surface area is 165 Å². The number of likely N-dealkylation sites (N-methyl/N-ethyl adjacent to an activating group) is 1. The first-order valence-corrected chi connectivity index (χ1v) is 9.30. The summed E-state index contributed by atoms with van der Waals surface area (Å²) in [5.74, 6) is 2.19. The lowest BCUT2D eigenvalue weighted by atomic mass is 10.2. The molecule has 1 amide bonds. The number of amides is 1. The lowest BCUT2D eigenvalue weighted by Gasteiger charge is -2.34. The molecular formula is C20H27N5O3. The predicted molar refractivity (Wildman–Crippen MR) is 107 cm³/mol. The first-order chi connectivity index (χ1) is 13.6. The van der Waals surface area contributed by atoms with E-state index in [1.54, 1.807) is 31.5 Å². The quantitative estimate of drug-likeness (QED) is 0.711. The number of methoxy groups -OCH3 is 2. The maximum absolute atomic E-state index is 12.6. The summed E-state index contributed by atoms with van der Waals surface area (Å²) >= 11 is 0. The number of anilines is 1. The number of ether oxygens (including phenoxy) is 2. The molecule has 0 bridgehead atoms. The third kappa shape index (κ3) is 4.89. The molecule has 0 radical (unpaired) electrons. The molecule has 150 valence electrons. The zero-order chi connectivity index (χ0) is 19.9. The molecule has 0 unspecified atom stereocenters. The van der Waals surface area contributed by atoms with Gasteiger partial charge in [0.2, 0.25) is 11.9 Å². The molecule has 0 atom stereocenters. The van der Waals surface area contributed by atoms with E-state index >= 15 is 0 Å². The fourth-order valence-corrected chi connectivity index (χ4v) is 3.21. The molecule has 0 spiro atoms. The number of nitrogens with zero attached hydrogens (tertiary/aromatic N) is 5. The molecule has 1 fully saturated rings. The number of carbonyl (C=O) groups excluding carboxylic acids is 1. The Hall–Kier alpha value is -2.87. The van der Waals surface area contributed by atoms with Gasteiger partial charge in [0, 0.05) is 52.2 Å². The first kappa shape index (κ1) is 19.9. The van der Waals surface area contributed by atoms with Crippen molar-refractivity contribution in [3.8, 4) is 11.5 Å². The Morgan fingerprint density at radius 1 is 1.07 bits per heavy atom. The molecule has 3 rings (SSSR count). The van der Waals surface area contributed by atoms with Gasteiger partial charge in [0.1, 0.15) is 0 Å².